The molecule has 0 aliphatic rings. The largest absolute Gasteiger partial charge is 0.497 e. The Morgan fingerprint density at radius 3 is 2.50 bits per heavy atom. The Morgan fingerprint density at radius 1 is 1.23 bits per heavy atom. The van der Waals surface area contributed by atoms with Crippen LogP contribution < -0.4 is 15.2 Å². The molecule has 0 saturated heterocycles. The van der Waals surface area contributed by atoms with Crippen molar-refractivity contribution in [1.29, 1.82) is 0 Å². The molecule has 1 aromatic heterocycles. The van der Waals surface area contributed by atoms with Gasteiger partial charge in [-0.3, -0.25) is 4.90 Å². The zero-order valence-electron chi connectivity index (χ0n) is 12.7. The van der Waals surface area contributed by atoms with E-state index in [2.05, 4.69) is 15.0 Å². The number of nitrogens with zero attached hydrogens (tertiary/aromatic N) is 3. The maximum Gasteiger partial charge on any atom is 0.240 e. The van der Waals surface area contributed by atoms with Crippen LogP contribution in [0.4, 0.5) is 0 Å². The summed E-state index contributed by atoms with van der Waals surface area (Å²) in [5, 5.41) is 3.85. The van der Waals surface area contributed by atoms with E-state index in [1.165, 1.54) is 0 Å². The summed E-state index contributed by atoms with van der Waals surface area (Å²) in [4.78, 5) is 6.21. The SMILES string of the molecule is COc1ccc(OCCN(C)Cc2noc(CN)n2)cc1.Cl. The van der Waals surface area contributed by atoms with Gasteiger partial charge in [-0.2, -0.15) is 4.98 Å². The van der Waals surface area contributed by atoms with Crippen molar-refractivity contribution in [3.63, 3.8) is 0 Å². The van der Waals surface area contributed by atoms with Crippen LogP contribution in [0.3, 0.4) is 0 Å². The molecule has 2 aromatic rings. The quantitative estimate of drug-likeness (QED) is 0.785. The summed E-state index contributed by atoms with van der Waals surface area (Å²) in [7, 11) is 3.61. The first-order valence-corrected chi connectivity index (χ1v) is 6.68. The summed E-state index contributed by atoms with van der Waals surface area (Å²) >= 11 is 0. The van der Waals surface area contributed by atoms with Gasteiger partial charge in [0.1, 0.15) is 18.1 Å². The highest BCUT2D eigenvalue weighted by Gasteiger charge is 2.07. The van der Waals surface area contributed by atoms with Crippen LogP contribution in [0.15, 0.2) is 28.8 Å². The number of nitrogens with two attached hydrogens (primary N) is 1. The monoisotopic (exact) mass is 328 g/mol. The van der Waals surface area contributed by atoms with Gasteiger partial charge in [-0.15, -0.1) is 12.4 Å². The Hall–Kier alpha value is -1.83. The molecule has 1 aromatic carbocycles. The topological polar surface area (TPSA) is 86.6 Å². The molecule has 0 radical (unpaired) electrons. The van der Waals surface area contributed by atoms with Crippen LogP contribution >= 0.6 is 12.4 Å². The van der Waals surface area contributed by atoms with Crippen LogP contribution in [-0.2, 0) is 13.1 Å². The Labute approximate surface area is 135 Å². The Kier molecular flexibility index (Phi) is 7.65. The lowest BCUT2D eigenvalue weighted by atomic mass is 10.3. The fourth-order valence-electron chi connectivity index (χ4n) is 1.75. The number of hydrogen-bond acceptors (Lipinski definition) is 7. The van der Waals surface area contributed by atoms with E-state index in [-0.39, 0.29) is 19.0 Å². The zero-order valence-corrected chi connectivity index (χ0v) is 13.5. The molecular weight excluding hydrogens is 308 g/mol. The Bertz CT molecular complexity index is 547. The molecule has 7 nitrogen and oxygen atoms in total. The molecule has 0 unspecified atom stereocenters. The van der Waals surface area contributed by atoms with Crippen molar-refractivity contribution < 1.29 is 14.0 Å². The average molecular weight is 329 g/mol. The van der Waals surface area contributed by atoms with Crippen LogP contribution in [0.25, 0.3) is 0 Å². The van der Waals surface area contributed by atoms with Gasteiger partial charge in [-0.1, -0.05) is 5.16 Å². The molecule has 2 N–H and O–H groups in total. The van der Waals surface area contributed by atoms with E-state index in [0.717, 1.165) is 18.0 Å². The van der Waals surface area contributed by atoms with Gasteiger partial charge in [-0.25, -0.2) is 0 Å². The van der Waals surface area contributed by atoms with Gasteiger partial charge in [0.15, 0.2) is 5.82 Å². The number of hydrogen-bond donors (Lipinski definition) is 1. The molecular formula is C14H21ClN4O3. The molecule has 0 fully saturated rings. The van der Waals surface area contributed by atoms with Crippen LogP contribution in [0, 0.1) is 0 Å². The fourth-order valence-corrected chi connectivity index (χ4v) is 1.75. The maximum absolute atomic E-state index is 5.66. The molecule has 122 valence electrons. The number of halogens is 1. The summed E-state index contributed by atoms with van der Waals surface area (Å²) < 4.78 is 15.7. The molecule has 0 amide bonds. The van der Waals surface area contributed by atoms with Gasteiger partial charge in [0.05, 0.1) is 20.2 Å². The summed E-state index contributed by atoms with van der Waals surface area (Å²) in [6.45, 7) is 2.18. The third-order valence-electron chi connectivity index (χ3n) is 2.90. The van der Waals surface area contributed by atoms with E-state index in [1.807, 2.05) is 31.3 Å². The van der Waals surface area contributed by atoms with E-state index in [1.54, 1.807) is 7.11 Å². The highest BCUT2D eigenvalue weighted by Crippen LogP contribution is 2.16. The number of benzene rings is 1. The third kappa shape index (κ3) is 5.51. The highest BCUT2D eigenvalue weighted by atomic mass is 35.5. The zero-order chi connectivity index (χ0) is 15.1. The van der Waals surface area contributed by atoms with Crippen LogP contribution in [0.5, 0.6) is 11.5 Å². The Balaban J connectivity index is 0.00000242. The summed E-state index contributed by atoms with van der Waals surface area (Å²) in [5.41, 5.74) is 5.42. The molecule has 0 atom stereocenters. The second-order valence-electron chi connectivity index (χ2n) is 4.57. The third-order valence-corrected chi connectivity index (χ3v) is 2.90. The molecule has 0 aliphatic carbocycles. The lowest BCUT2D eigenvalue weighted by Gasteiger charge is -2.14. The van der Waals surface area contributed by atoms with Crippen molar-refractivity contribution in [3.8, 4) is 11.5 Å². The van der Waals surface area contributed by atoms with Crippen molar-refractivity contribution in [2.75, 3.05) is 27.3 Å². The van der Waals surface area contributed by atoms with Gasteiger partial charge in [0.25, 0.3) is 0 Å². The lowest BCUT2D eigenvalue weighted by Crippen LogP contribution is -2.24. The first kappa shape index (κ1) is 18.2. The van der Waals surface area contributed by atoms with Gasteiger partial charge in [-0.05, 0) is 31.3 Å². The molecule has 1 heterocycles. The van der Waals surface area contributed by atoms with Gasteiger partial charge < -0.3 is 19.7 Å². The number of methoxy groups -OCH3 is 1. The maximum atomic E-state index is 5.66. The van der Waals surface area contributed by atoms with Crippen molar-refractivity contribution in [2.45, 2.75) is 13.1 Å². The fraction of sp³-hybridized carbons (Fsp3) is 0.429. The van der Waals surface area contributed by atoms with E-state index in [9.17, 15) is 0 Å². The summed E-state index contributed by atoms with van der Waals surface area (Å²) in [6, 6.07) is 7.50. The molecule has 2 rings (SSSR count). The van der Waals surface area contributed by atoms with E-state index in [4.69, 9.17) is 19.7 Å². The van der Waals surface area contributed by atoms with Gasteiger partial charge >= 0.3 is 0 Å². The second-order valence-corrected chi connectivity index (χ2v) is 4.57. The molecule has 0 saturated carbocycles. The summed E-state index contributed by atoms with van der Waals surface area (Å²) in [5.74, 6) is 2.71. The van der Waals surface area contributed by atoms with Gasteiger partial charge in [0, 0.05) is 6.54 Å². The number of aromatic nitrogens is 2. The second kappa shape index (κ2) is 9.24. The van der Waals surface area contributed by atoms with Crippen molar-refractivity contribution in [2.24, 2.45) is 5.73 Å². The van der Waals surface area contributed by atoms with E-state index >= 15 is 0 Å². The normalized spacial score (nSPS) is 10.4. The lowest BCUT2D eigenvalue weighted by molar-refractivity contribution is 0.227. The van der Waals surface area contributed by atoms with E-state index < -0.39 is 0 Å². The van der Waals surface area contributed by atoms with Crippen LogP contribution in [-0.4, -0.2) is 42.3 Å². The minimum atomic E-state index is 0. The average Bonchev–Trinajstić information content (AvgIpc) is 2.95. The van der Waals surface area contributed by atoms with Crippen molar-refractivity contribution in [3.05, 3.63) is 36.0 Å². The van der Waals surface area contributed by atoms with E-state index in [0.29, 0.717) is 24.9 Å². The molecule has 0 spiro atoms. The minimum absolute atomic E-state index is 0. The summed E-state index contributed by atoms with van der Waals surface area (Å²) in [6.07, 6.45) is 0. The number of rotatable bonds is 8. The number of ether oxygens (including phenoxy) is 2. The van der Waals surface area contributed by atoms with Crippen LogP contribution in [0.1, 0.15) is 11.7 Å². The Morgan fingerprint density at radius 2 is 1.91 bits per heavy atom. The van der Waals surface area contributed by atoms with Crippen molar-refractivity contribution >= 4 is 12.4 Å². The van der Waals surface area contributed by atoms with Crippen molar-refractivity contribution in [1.82, 2.24) is 15.0 Å². The standard InChI is InChI=1S/C14H20N4O3.ClH/c1-18(10-13-16-14(9-15)21-17-13)7-8-20-12-5-3-11(19-2)4-6-12;/h3-6H,7-10,15H2,1-2H3;1H. The predicted molar refractivity (Wildman–Crippen MR) is 84.3 cm³/mol. The molecule has 8 heteroatoms. The van der Waals surface area contributed by atoms with Crippen LogP contribution in [0.2, 0.25) is 0 Å². The minimum Gasteiger partial charge on any atom is -0.497 e. The highest BCUT2D eigenvalue weighted by molar-refractivity contribution is 5.85. The predicted octanol–water partition coefficient (Wildman–Crippen LogP) is 1.47. The smallest absolute Gasteiger partial charge is 0.240 e. The van der Waals surface area contributed by atoms with Gasteiger partial charge in [0.2, 0.25) is 5.89 Å². The molecule has 22 heavy (non-hydrogen) atoms. The molecule has 0 aliphatic heterocycles. The molecule has 0 bridgehead atoms. The number of likely N-dealkylation sites (N-methyl/N-ethyl adjacent to an activating group) is 1. The first-order valence-electron chi connectivity index (χ1n) is 6.68. The first-order chi connectivity index (χ1) is 10.2.